The number of carbonyl (C=O) groups is 2. The highest BCUT2D eigenvalue weighted by atomic mass is 32.2. The molecule has 0 bridgehead atoms. The molecular weight excluding hydrogens is 598 g/mol. The van der Waals surface area contributed by atoms with Crippen LogP contribution in [0.1, 0.15) is 32.8 Å². The molecule has 1 N–H and O–H groups in total. The van der Waals surface area contributed by atoms with Crippen molar-refractivity contribution in [1.82, 2.24) is 10.2 Å². The van der Waals surface area contributed by atoms with Crippen LogP contribution in [0.3, 0.4) is 0 Å². The van der Waals surface area contributed by atoms with Crippen LogP contribution in [0.4, 0.5) is 5.69 Å². The van der Waals surface area contributed by atoms with Crippen molar-refractivity contribution in [2.24, 2.45) is 0 Å². The number of ether oxygens (including phenoxy) is 4. The third-order valence-corrected chi connectivity index (χ3v) is 9.28. The van der Waals surface area contributed by atoms with E-state index in [0.29, 0.717) is 24.3 Å². The van der Waals surface area contributed by atoms with E-state index in [1.165, 1.54) is 57.6 Å². The van der Waals surface area contributed by atoms with Crippen molar-refractivity contribution in [2.75, 3.05) is 45.8 Å². The largest absolute Gasteiger partial charge is 0.497 e. The lowest BCUT2D eigenvalue weighted by molar-refractivity contribution is -0.139. The van der Waals surface area contributed by atoms with Crippen molar-refractivity contribution in [3.05, 3.63) is 72.3 Å². The van der Waals surface area contributed by atoms with Gasteiger partial charge in [0.15, 0.2) is 11.5 Å². The van der Waals surface area contributed by atoms with Gasteiger partial charge in [0.2, 0.25) is 11.8 Å². The Kier molecular flexibility index (Phi) is 12.5. The lowest BCUT2D eigenvalue weighted by Crippen LogP contribution is -2.53. The SMILES string of the molecule is CC[C@H](C)NC(=O)[C@H](C)N(CCc1ccccc1)C(=O)CN(c1cc(OC)ccc1OC)S(=O)(=O)c1ccc(OC)c(OC)c1. The number of nitrogens with zero attached hydrogens (tertiary/aromatic N) is 2. The average molecular weight is 642 g/mol. The van der Waals surface area contributed by atoms with Crippen LogP contribution < -0.4 is 28.6 Å². The summed E-state index contributed by atoms with van der Waals surface area (Å²) in [4.78, 5) is 28.8. The molecule has 0 aromatic heterocycles. The van der Waals surface area contributed by atoms with Gasteiger partial charge in [-0.25, -0.2) is 8.42 Å². The lowest BCUT2D eigenvalue weighted by atomic mass is 10.1. The molecule has 3 rings (SSSR count). The zero-order valence-corrected chi connectivity index (χ0v) is 27.7. The van der Waals surface area contributed by atoms with E-state index < -0.39 is 28.5 Å². The zero-order valence-electron chi connectivity index (χ0n) is 26.9. The van der Waals surface area contributed by atoms with E-state index in [4.69, 9.17) is 18.9 Å². The fourth-order valence-electron chi connectivity index (χ4n) is 4.64. The fraction of sp³-hybridized carbons (Fsp3) is 0.394. The Balaban J connectivity index is 2.12. The molecule has 0 heterocycles. The lowest BCUT2D eigenvalue weighted by Gasteiger charge is -2.33. The number of methoxy groups -OCH3 is 4. The van der Waals surface area contributed by atoms with Crippen molar-refractivity contribution >= 4 is 27.5 Å². The first kappa shape index (κ1) is 35.0. The van der Waals surface area contributed by atoms with Crippen molar-refractivity contribution in [3.63, 3.8) is 0 Å². The number of amides is 2. The number of benzene rings is 3. The number of hydrogen-bond acceptors (Lipinski definition) is 8. The first-order valence-corrected chi connectivity index (χ1v) is 16.0. The Bertz CT molecular complexity index is 1550. The normalized spacial score (nSPS) is 12.4. The summed E-state index contributed by atoms with van der Waals surface area (Å²) >= 11 is 0. The quantitative estimate of drug-likeness (QED) is 0.246. The van der Waals surface area contributed by atoms with Gasteiger partial charge in [-0.1, -0.05) is 37.3 Å². The van der Waals surface area contributed by atoms with Crippen molar-refractivity contribution < 1.29 is 37.0 Å². The molecule has 0 spiro atoms. The Morgan fingerprint density at radius 2 is 1.47 bits per heavy atom. The molecule has 11 nitrogen and oxygen atoms in total. The van der Waals surface area contributed by atoms with Crippen LogP contribution in [-0.2, 0) is 26.0 Å². The van der Waals surface area contributed by atoms with Crippen LogP contribution in [-0.4, -0.2) is 78.7 Å². The second kappa shape index (κ2) is 16.0. The summed E-state index contributed by atoms with van der Waals surface area (Å²) in [5, 5.41) is 2.93. The highest BCUT2D eigenvalue weighted by molar-refractivity contribution is 7.92. The van der Waals surface area contributed by atoms with Gasteiger partial charge in [0.1, 0.15) is 24.1 Å². The van der Waals surface area contributed by atoms with Crippen LogP contribution in [0.25, 0.3) is 0 Å². The summed E-state index contributed by atoms with van der Waals surface area (Å²) in [6.07, 6.45) is 1.17. The van der Waals surface area contributed by atoms with Gasteiger partial charge in [-0.05, 0) is 56.5 Å². The zero-order chi connectivity index (χ0) is 33.1. The topological polar surface area (TPSA) is 124 Å². The Hall–Kier alpha value is -4.45. The molecule has 3 aromatic rings. The highest BCUT2D eigenvalue weighted by Crippen LogP contribution is 2.37. The summed E-state index contributed by atoms with van der Waals surface area (Å²) in [6.45, 7) is 5.02. The summed E-state index contributed by atoms with van der Waals surface area (Å²) in [6, 6.07) is 17.4. The van der Waals surface area contributed by atoms with Gasteiger partial charge >= 0.3 is 0 Å². The van der Waals surface area contributed by atoms with E-state index in [1.54, 1.807) is 19.1 Å². The minimum atomic E-state index is -4.42. The molecule has 0 aliphatic rings. The maximum Gasteiger partial charge on any atom is 0.265 e. The summed E-state index contributed by atoms with van der Waals surface area (Å²) in [5.41, 5.74) is 1.05. The second-order valence-electron chi connectivity index (χ2n) is 10.4. The van der Waals surface area contributed by atoms with E-state index in [2.05, 4.69) is 5.32 Å². The third-order valence-electron chi connectivity index (χ3n) is 7.53. The van der Waals surface area contributed by atoms with Gasteiger partial charge in [0, 0.05) is 24.7 Å². The summed E-state index contributed by atoms with van der Waals surface area (Å²) in [7, 11) is 1.28. The molecule has 0 aliphatic carbocycles. The maximum absolute atomic E-state index is 14.4. The first-order valence-electron chi connectivity index (χ1n) is 14.6. The van der Waals surface area contributed by atoms with E-state index >= 15 is 0 Å². The molecule has 0 unspecified atom stereocenters. The standard InChI is InChI=1S/C33H43N3O8S/c1-8-23(2)34-33(38)24(3)35(19-18-25-12-10-9-11-13-25)32(37)22-36(28-20-26(41-4)14-16-29(28)42-5)45(39,40)27-15-17-30(43-6)31(21-27)44-7/h9-17,20-21,23-24H,8,18-19,22H2,1-7H3,(H,34,38)/t23-,24-/m0/s1. The predicted octanol–water partition coefficient (Wildman–Crippen LogP) is 4.29. The minimum absolute atomic E-state index is 0.0831. The van der Waals surface area contributed by atoms with Gasteiger partial charge < -0.3 is 29.2 Å². The van der Waals surface area contributed by atoms with E-state index in [1.807, 2.05) is 44.2 Å². The van der Waals surface area contributed by atoms with E-state index in [-0.39, 0.29) is 40.6 Å². The van der Waals surface area contributed by atoms with Crippen LogP contribution in [0.5, 0.6) is 23.0 Å². The van der Waals surface area contributed by atoms with Crippen LogP contribution in [0.15, 0.2) is 71.6 Å². The smallest absolute Gasteiger partial charge is 0.265 e. The highest BCUT2D eigenvalue weighted by Gasteiger charge is 2.34. The molecule has 12 heteroatoms. The number of anilines is 1. The van der Waals surface area contributed by atoms with E-state index in [0.717, 1.165) is 9.87 Å². The molecule has 2 amide bonds. The second-order valence-corrected chi connectivity index (χ2v) is 12.2. The summed E-state index contributed by atoms with van der Waals surface area (Å²) in [5.74, 6) is 0.179. The predicted molar refractivity (Wildman–Crippen MR) is 173 cm³/mol. The van der Waals surface area contributed by atoms with Gasteiger partial charge in [-0.15, -0.1) is 0 Å². The molecule has 2 atom stereocenters. The Morgan fingerprint density at radius 1 is 0.822 bits per heavy atom. The molecule has 0 saturated carbocycles. The number of carbonyl (C=O) groups excluding carboxylic acids is 2. The maximum atomic E-state index is 14.4. The average Bonchev–Trinajstić information content (AvgIpc) is 3.06. The molecule has 0 fully saturated rings. The van der Waals surface area contributed by atoms with Gasteiger partial charge in [0.05, 0.1) is 39.0 Å². The van der Waals surface area contributed by atoms with Crippen molar-refractivity contribution in [3.8, 4) is 23.0 Å². The molecule has 3 aromatic carbocycles. The molecular formula is C33H43N3O8S. The van der Waals surface area contributed by atoms with Gasteiger partial charge in [-0.3, -0.25) is 13.9 Å². The molecule has 45 heavy (non-hydrogen) atoms. The van der Waals surface area contributed by atoms with Gasteiger partial charge in [-0.2, -0.15) is 0 Å². The third kappa shape index (κ3) is 8.59. The molecule has 0 aliphatic heterocycles. The van der Waals surface area contributed by atoms with Crippen molar-refractivity contribution in [1.29, 1.82) is 0 Å². The summed E-state index contributed by atoms with van der Waals surface area (Å²) < 4.78 is 51.3. The fourth-order valence-corrected chi connectivity index (χ4v) is 6.08. The Morgan fingerprint density at radius 3 is 2.07 bits per heavy atom. The van der Waals surface area contributed by atoms with Crippen molar-refractivity contribution in [2.45, 2.75) is 50.6 Å². The minimum Gasteiger partial charge on any atom is -0.497 e. The number of rotatable bonds is 16. The number of sulfonamides is 1. The first-order chi connectivity index (χ1) is 21.5. The van der Waals surface area contributed by atoms with Crippen LogP contribution >= 0.6 is 0 Å². The van der Waals surface area contributed by atoms with Crippen LogP contribution in [0, 0.1) is 0 Å². The molecule has 0 radical (unpaired) electrons. The Labute approximate surface area is 266 Å². The monoisotopic (exact) mass is 641 g/mol. The molecule has 244 valence electrons. The van der Waals surface area contributed by atoms with Crippen LogP contribution in [0.2, 0.25) is 0 Å². The van der Waals surface area contributed by atoms with E-state index in [9.17, 15) is 18.0 Å². The molecule has 0 saturated heterocycles. The van der Waals surface area contributed by atoms with Gasteiger partial charge in [0.25, 0.3) is 10.0 Å². The number of hydrogen-bond donors (Lipinski definition) is 1. The number of nitrogens with one attached hydrogen (secondary N) is 1.